The van der Waals surface area contributed by atoms with E-state index < -0.39 is 17.4 Å². The highest BCUT2D eigenvalue weighted by Gasteiger charge is 2.58. The van der Waals surface area contributed by atoms with Gasteiger partial charge in [-0.1, -0.05) is 31.2 Å². The van der Waals surface area contributed by atoms with E-state index in [9.17, 15) is 17.6 Å². The van der Waals surface area contributed by atoms with Gasteiger partial charge in [0.1, 0.15) is 11.6 Å². The molecule has 0 aromatic heterocycles. The number of benzene rings is 2. The largest absolute Gasteiger partial charge is 0.395 e. The minimum Gasteiger partial charge on any atom is -0.371 e. The molecule has 0 bridgehead atoms. The normalized spacial score (nSPS) is 20.5. The number of likely N-dealkylation sites (tertiary alicyclic amines) is 2. The number of hydrogen-bond donors (Lipinski definition) is 0. The van der Waals surface area contributed by atoms with Gasteiger partial charge in [-0.25, -0.2) is 8.78 Å². The van der Waals surface area contributed by atoms with Crippen molar-refractivity contribution >= 4 is 5.70 Å². The second-order valence-electron chi connectivity index (χ2n) is 11.5. The summed E-state index contributed by atoms with van der Waals surface area (Å²) in [7, 11) is 0. The van der Waals surface area contributed by atoms with Crippen LogP contribution in [-0.4, -0.2) is 48.7 Å². The standard InChI is InChI=1S/C31H37F5N2/c1-22(38-15-2-3-16-38)26-10-8-25(20-29(26)33)27-9-7-24(19-28(27)32)6-5-23-11-17-37(18-12-23)21-30(13-4-14-30)31(34,35)36/h7-10,19-20,23H,1-6,11-18,21H2. The average Bonchev–Trinajstić information content (AvgIpc) is 3.40. The SMILES string of the molecule is C=C(c1ccc(-c2ccc(CCC3CCN(CC4(C(F)(F)F)CCC4)CC3)cc2F)cc1F)N1CCCC1. The number of piperidine rings is 1. The van der Waals surface area contributed by atoms with Crippen molar-refractivity contribution in [2.24, 2.45) is 11.3 Å². The van der Waals surface area contributed by atoms with E-state index in [1.165, 1.54) is 12.1 Å². The van der Waals surface area contributed by atoms with Crippen molar-refractivity contribution in [2.75, 3.05) is 32.7 Å². The van der Waals surface area contributed by atoms with E-state index in [-0.39, 0.29) is 25.2 Å². The summed E-state index contributed by atoms with van der Waals surface area (Å²) >= 11 is 0. The van der Waals surface area contributed by atoms with Gasteiger partial charge in [0.25, 0.3) is 0 Å². The van der Waals surface area contributed by atoms with Gasteiger partial charge in [-0.2, -0.15) is 13.2 Å². The molecule has 38 heavy (non-hydrogen) atoms. The Balaban J connectivity index is 1.14. The Morgan fingerprint density at radius 3 is 2.18 bits per heavy atom. The fourth-order valence-electron chi connectivity index (χ4n) is 6.39. The molecule has 2 aliphatic heterocycles. The number of nitrogens with zero attached hydrogens (tertiary/aromatic N) is 2. The van der Waals surface area contributed by atoms with Gasteiger partial charge in [-0.05, 0) is 99.7 Å². The maximum atomic E-state index is 15.0. The van der Waals surface area contributed by atoms with Gasteiger partial charge >= 0.3 is 6.18 Å². The van der Waals surface area contributed by atoms with Crippen LogP contribution in [0.5, 0.6) is 0 Å². The van der Waals surface area contributed by atoms with Gasteiger partial charge < -0.3 is 9.80 Å². The van der Waals surface area contributed by atoms with Crippen molar-refractivity contribution in [2.45, 2.75) is 64.0 Å². The van der Waals surface area contributed by atoms with E-state index in [1.54, 1.807) is 18.2 Å². The van der Waals surface area contributed by atoms with E-state index in [2.05, 4.69) is 11.5 Å². The van der Waals surface area contributed by atoms with E-state index in [4.69, 9.17) is 0 Å². The molecule has 1 aliphatic carbocycles. The van der Waals surface area contributed by atoms with Crippen molar-refractivity contribution in [1.82, 2.24) is 9.80 Å². The maximum Gasteiger partial charge on any atom is 0.395 e. The highest BCUT2D eigenvalue weighted by molar-refractivity contribution is 5.70. The van der Waals surface area contributed by atoms with Crippen LogP contribution in [0.1, 0.15) is 62.5 Å². The van der Waals surface area contributed by atoms with Crippen molar-refractivity contribution < 1.29 is 22.0 Å². The summed E-state index contributed by atoms with van der Waals surface area (Å²) < 4.78 is 70.5. The van der Waals surface area contributed by atoms with Crippen LogP contribution in [0.4, 0.5) is 22.0 Å². The monoisotopic (exact) mass is 532 g/mol. The van der Waals surface area contributed by atoms with Crippen LogP contribution in [-0.2, 0) is 6.42 Å². The molecule has 0 amide bonds. The van der Waals surface area contributed by atoms with E-state index in [1.807, 2.05) is 11.0 Å². The number of alkyl halides is 3. The molecule has 2 heterocycles. The third-order valence-electron chi connectivity index (χ3n) is 9.10. The highest BCUT2D eigenvalue weighted by atomic mass is 19.4. The first kappa shape index (κ1) is 27.2. The zero-order chi connectivity index (χ0) is 26.9. The van der Waals surface area contributed by atoms with Gasteiger partial charge in [0, 0.05) is 36.5 Å². The second kappa shape index (κ2) is 11.0. The molecule has 0 radical (unpaired) electrons. The van der Waals surface area contributed by atoms with Gasteiger partial charge in [-0.15, -0.1) is 0 Å². The number of hydrogen-bond acceptors (Lipinski definition) is 2. The molecule has 2 saturated heterocycles. The smallest absolute Gasteiger partial charge is 0.371 e. The van der Waals surface area contributed by atoms with E-state index in [0.717, 1.165) is 57.2 Å². The first-order valence-corrected chi connectivity index (χ1v) is 14.0. The Morgan fingerprint density at radius 2 is 1.61 bits per heavy atom. The Hall–Kier alpha value is -2.41. The van der Waals surface area contributed by atoms with Crippen molar-refractivity contribution in [1.29, 1.82) is 0 Å². The average molecular weight is 533 g/mol. The predicted molar refractivity (Wildman–Crippen MR) is 141 cm³/mol. The Kier molecular flexibility index (Phi) is 7.86. The fourth-order valence-corrected chi connectivity index (χ4v) is 6.39. The molecule has 0 unspecified atom stereocenters. The van der Waals surface area contributed by atoms with Crippen molar-refractivity contribution in [3.63, 3.8) is 0 Å². The summed E-state index contributed by atoms with van der Waals surface area (Å²) in [5.41, 5.74) is 1.40. The van der Waals surface area contributed by atoms with Crippen LogP contribution in [0.15, 0.2) is 43.0 Å². The van der Waals surface area contributed by atoms with Crippen molar-refractivity contribution in [3.8, 4) is 11.1 Å². The van der Waals surface area contributed by atoms with Crippen molar-refractivity contribution in [3.05, 3.63) is 65.7 Å². The lowest BCUT2D eigenvalue weighted by molar-refractivity contribution is -0.256. The quantitative estimate of drug-likeness (QED) is 0.317. The molecule has 0 atom stereocenters. The Labute approximate surface area is 222 Å². The molecule has 206 valence electrons. The van der Waals surface area contributed by atoms with Gasteiger partial charge in [0.05, 0.1) is 5.41 Å². The molecular weight excluding hydrogens is 495 g/mol. The first-order valence-electron chi connectivity index (χ1n) is 14.0. The predicted octanol–water partition coefficient (Wildman–Crippen LogP) is 8.08. The Bertz CT molecular complexity index is 1140. The van der Waals surface area contributed by atoms with Gasteiger partial charge in [0.15, 0.2) is 0 Å². The number of halogens is 5. The topological polar surface area (TPSA) is 6.48 Å². The molecule has 2 aromatic rings. The van der Waals surface area contributed by atoms with Crippen LogP contribution in [0.3, 0.4) is 0 Å². The molecule has 5 rings (SSSR count). The zero-order valence-corrected chi connectivity index (χ0v) is 21.9. The molecule has 2 nitrogen and oxygen atoms in total. The summed E-state index contributed by atoms with van der Waals surface area (Å²) in [5.74, 6) is -0.337. The molecular formula is C31H37F5N2. The summed E-state index contributed by atoms with van der Waals surface area (Å²) in [6.45, 7) is 7.34. The summed E-state index contributed by atoms with van der Waals surface area (Å²) in [6, 6.07) is 9.96. The van der Waals surface area contributed by atoms with Gasteiger partial charge in [-0.3, -0.25) is 0 Å². The minimum absolute atomic E-state index is 0.129. The summed E-state index contributed by atoms with van der Waals surface area (Å²) in [4.78, 5) is 4.08. The lowest BCUT2D eigenvalue weighted by atomic mass is 9.67. The summed E-state index contributed by atoms with van der Waals surface area (Å²) in [5, 5.41) is 0. The van der Waals surface area contributed by atoms with Crippen LogP contribution in [0, 0.1) is 23.0 Å². The number of aryl methyl sites for hydroxylation is 1. The van der Waals surface area contributed by atoms with Crippen LogP contribution in [0.2, 0.25) is 0 Å². The lowest BCUT2D eigenvalue weighted by Crippen LogP contribution is -2.53. The van der Waals surface area contributed by atoms with E-state index in [0.29, 0.717) is 47.8 Å². The van der Waals surface area contributed by atoms with Crippen LogP contribution < -0.4 is 0 Å². The molecule has 1 saturated carbocycles. The molecule has 7 heteroatoms. The third kappa shape index (κ3) is 5.63. The first-order chi connectivity index (χ1) is 18.1. The van der Waals surface area contributed by atoms with Crippen LogP contribution in [0.25, 0.3) is 16.8 Å². The third-order valence-corrected chi connectivity index (χ3v) is 9.10. The molecule has 0 spiro atoms. The second-order valence-corrected chi connectivity index (χ2v) is 11.5. The molecule has 3 aliphatic rings. The zero-order valence-electron chi connectivity index (χ0n) is 21.9. The Morgan fingerprint density at radius 1 is 0.895 bits per heavy atom. The fraction of sp³-hybridized carbons (Fsp3) is 0.548. The molecule has 0 N–H and O–H groups in total. The lowest BCUT2D eigenvalue weighted by Gasteiger charge is -2.47. The van der Waals surface area contributed by atoms with Gasteiger partial charge in [0.2, 0.25) is 0 Å². The maximum absolute atomic E-state index is 15.0. The summed E-state index contributed by atoms with van der Waals surface area (Å²) in [6.07, 6.45) is 2.58. The van der Waals surface area contributed by atoms with E-state index >= 15 is 4.39 Å². The number of rotatable bonds is 8. The molecule has 2 aromatic carbocycles. The van der Waals surface area contributed by atoms with Crippen LogP contribution >= 0.6 is 0 Å². The molecule has 3 fully saturated rings. The minimum atomic E-state index is -4.12. The highest BCUT2D eigenvalue weighted by Crippen LogP contribution is 2.53.